The van der Waals surface area contributed by atoms with Gasteiger partial charge in [-0.3, -0.25) is 9.59 Å². The molecule has 3 heterocycles. The van der Waals surface area contributed by atoms with Crippen molar-refractivity contribution in [1.29, 1.82) is 5.26 Å². The van der Waals surface area contributed by atoms with Gasteiger partial charge in [0.05, 0.1) is 46.4 Å². The summed E-state index contributed by atoms with van der Waals surface area (Å²) in [6.07, 6.45) is -1.89. The largest absolute Gasteiger partial charge is 0.417 e. The van der Waals surface area contributed by atoms with Gasteiger partial charge in [-0.25, -0.2) is 4.90 Å². The fraction of sp³-hybridized carbons (Fsp3) is 0.353. The average molecular weight is 348 g/mol. The molecule has 5 nitrogen and oxygen atoms in total. The Hall–Kier alpha value is -2.66. The molecule has 0 saturated carbocycles. The third-order valence-corrected chi connectivity index (χ3v) is 5.02. The predicted octanol–water partition coefficient (Wildman–Crippen LogP) is 2.41. The molecule has 1 aromatic carbocycles. The van der Waals surface area contributed by atoms with Crippen LogP contribution in [0.5, 0.6) is 0 Å². The van der Waals surface area contributed by atoms with E-state index in [4.69, 9.17) is 10.00 Å². The summed E-state index contributed by atoms with van der Waals surface area (Å²) in [6, 6.07) is 4.30. The number of fused-ring (bicyclic) bond motifs is 5. The minimum absolute atomic E-state index is 0.182. The summed E-state index contributed by atoms with van der Waals surface area (Å²) in [5.41, 5.74) is -2.84. The lowest BCUT2D eigenvalue weighted by atomic mass is 9.78. The molecule has 2 saturated heterocycles. The summed E-state index contributed by atoms with van der Waals surface area (Å²) in [4.78, 5) is 26.2. The fourth-order valence-electron chi connectivity index (χ4n) is 3.91. The lowest BCUT2D eigenvalue weighted by Gasteiger charge is -2.24. The van der Waals surface area contributed by atoms with Gasteiger partial charge < -0.3 is 4.74 Å². The summed E-state index contributed by atoms with van der Waals surface area (Å²) in [7, 11) is 0. The zero-order valence-corrected chi connectivity index (χ0v) is 12.9. The van der Waals surface area contributed by atoms with E-state index in [0.29, 0.717) is 6.07 Å². The van der Waals surface area contributed by atoms with Crippen LogP contribution >= 0.6 is 0 Å². The summed E-state index contributed by atoms with van der Waals surface area (Å²) in [5, 5.41) is 8.86. The first-order valence-corrected chi connectivity index (χ1v) is 7.54. The Morgan fingerprint density at radius 2 is 2.00 bits per heavy atom. The average Bonchev–Trinajstić information content (AvgIpc) is 3.15. The van der Waals surface area contributed by atoms with Gasteiger partial charge in [0.2, 0.25) is 11.8 Å². The van der Waals surface area contributed by atoms with Crippen LogP contribution in [0.3, 0.4) is 0 Å². The molecule has 2 bridgehead atoms. The van der Waals surface area contributed by atoms with Gasteiger partial charge >= 0.3 is 6.18 Å². The van der Waals surface area contributed by atoms with Gasteiger partial charge in [-0.2, -0.15) is 18.4 Å². The number of halogens is 3. The van der Waals surface area contributed by atoms with Crippen molar-refractivity contribution in [3.8, 4) is 6.07 Å². The number of imide groups is 1. The first-order chi connectivity index (χ1) is 11.7. The number of rotatable bonds is 1. The summed E-state index contributed by atoms with van der Waals surface area (Å²) in [5.74, 6) is -2.64. The highest BCUT2D eigenvalue weighted by atomic mass is 19.4. The van der Waals surface area contributed by atoms with Crippen LogP contribution in [0.1, 0.15) is 18.1 Å². The van der Waals surface area contributed by atoms with Gasteiger partial charge in [-0.15, -0.1) is 0 Å². The van der Waals surface area contributed by atoms with Crippen molar-refractivity contribution in [2.24, 2.45) is 11.8 Å². The maximum atomic E-state index is 13.2. The van der Waals surface area contributed by atoms with Crippen molar-refractivity contribution in [3.63, 3.8) is 0 Å². The monoisotopic (exact) mass is 348 g/mol. The number of hydrogen-bond donors (Lipinski definition) is 0. The molecular weight excluding hydrogens is 337 g/mol. The number of hydrogen-bond acceptors (Lipinski definition) is 4. The van der Waals surface area contributed by atoms with E-state index >= 15 is 0 Å². The zero-order valence-electron chi connectivity index (χ0n) is 12.9. The van der Waals surface area contributed by atoms with Gasteiger partial charge in [0.25, 0.3) is 0 Å². The first kappa shape index (κ1) is 15.8. The van der Waals surface area contributed by atoms with Crippen molar-refractivity contribution < 1.29 is 27.5 Å². The highest BCUT2D eigenvalue weighted by Gasteiger charge is 2.66. The molecule has 2 fully saturated rings. The molecule has 25 heavy (non-hydrogen) atoms. The molecule has 3 aliphatic heterocycles. The molecule has 0 aromatic heterocycles. The molecule has 1 aromatic rings. The van der Waals surface area contributed by atoms with Gasteiger partial charge in [-0.1, -0.05) is 12.2 Å². The van der Waals surface area contributed by atoms with Gasteiger partial charge in [0.1, 0.15) is 0 Å². The lowest BCUT2D eigenvalue weighted by Crippen LogP contribution is -2.38. The van der Waals surface area contributed by atoms with Gasteiger partial charge in [0, 0.05) is 0 Å². The minimum Gasteiger partial charge on any atom is -0.362 e. The number of carbonyl (C=O) groups is 2. The van der Waals surface area contributed by atoms with E-state index in [9.17, 15) is 22.8 Å². The summed E-state index contributed by atoms with van der Waals surface area (Å²) < 4.78 is 45.1. The SMILES string of the molecule is CC12C=CC(O1)[C@H]1C(=O)N(c3ccc(C#N)c(C(F)(F)F)c3)C(=O)[C@H]12. The maximum Gasteiger partial charge on any atom is 0.417 e. The van der Waals surface area contributed by atoms with Crippen LogP contribution in [0.4, 0.5) is 18.9 Å². The molecular formula is C17H11F3N2O3. The second-order valence-electron chi connectivity index (χ2n) is 6.48. The van der Waals surface area contributed by atoms with E-state index in [1.807, 2.05) is 0 Å². The standard InChI is InChI=1S/C17H11F3N2O3/c1-16-5-4-11(25-16)12-13(16)15(24)22(14(12)23)9-3-2-8(7-21)10(6-9)17(18,19)20/h2-6,11-13H,1H3/t11?,12-,13+,16?/m1/s1. The number of amides is 2. The molecule has 128 valence electrons. The smallest absolute Gasteiger partial charge is 0.362 e. The Kier molecular flexibility index (Phi) is 2.98. The number of anilines is 1. The van der Waals surface area contributed by atoms with Crippen LogP contribution in [-0.4, -0.2) is 23.5 Å². The molecule has 0 N–H and O–H groups in total. The van der Waals surface area contributed by atoms with Crippen LogP contribution in [0, 0.1) is 23.2 Å². The molecule has 0 spiro atoms. The number of carbonyl (C=O) groups excluding carboxylic acids is 2. The second-order valence-corrected chi connectivity index (χ2v) is 6.48. The van der Waals surface area contributed by atoms with Gasteiger partial charge in [0.15, 0.2) is 0 Å². The third kappa shape index (κ3) is 1.99. The Labute approximate surface area is 140 Å². The highest BCUT2D eigenvalue weighted by Crippen LogP contribution is 2.52. The fourth-order valence-corrected chi connectivity index (χ4v) is 3.91. The minimum atomic E-state index is -4.77. The quantitative estimate of drug-likeness (QED) is 0.577. The van der Waals surface area contributed by atoms with E-state index < -0.39 is 52.7 Å². The Morgan fingerprint density at radius 1 is 1.28 bits per heavy atom. The van der Waals surface area contributed by atoms with Crippen LogP contribution in [0.2, 0.25) is 0 Å². The molecule has 0 aliphatic carbocycles. The maximum absolute atomic E-state index is 13.2. The predicted molar refractivity (Wildman–Crippen MR) is 78.1 cm³/mol. The molecule has 2 amide bonds. The van der Waals surface area contributed by atoms with Crippen molar-refractivity contribution in [3.05, 3.63) is 41.5 Å². The number of benzene rings is 1. The second kappa shape index (κ2) is 4.70. The zero-order chi connectivity index (χ0) is 18.1. The molecule has 4 rings (SSSR count). The Morgan fingerprint density at radius 3 is 2.60 bits per heavy atom. The lowest BCUT2D eigenvalue weighted by molar-refractivity contribution is -0.138. The summed E-state index contributed by atoms with van der Waals surface area (Å²) in [6.45, 7) is 1.68. The molecule has 4 atom stereocenters. The van der Waals surface area contributed by atoms with Crippen LogP contribution in [0.25, 0.3) is 0 Å². The van der Waals surface area contributed by atoms with Crippen LogP contribution in [0.15, 0.2) is 30.4 Å². The number of nitriles is 1. The van der Waals surface area contributed by atoms with Crippen molar-refractivity contribution in [2.75, 3.05) is 4.90 Å². The molecule has 0 radical (unpaired) electrons. The Balaban J connectivity index is 1.79. The number of ether oxygens (including phenoxy) is 1. The van der Waals surface area contributed by atoms with Crippen molar-refractivity contribution in [2.45, 2.75) is 24.8 Å². The van der Waals surface area contributed by atoms with Crippen molar-refractivity contribution >= 4 is 17.5 Å². The normalized spacial score (nSPS) is 33.1. The van der Waals surface area contributed by atoms with E-state index in [1.54, 1.807) is 19.1 Å². The van der Waals surface area contributed by atoms with E-state index in [-0.39, 0.29) is 5.69 Å². The van der Waals surface area contributed by atoms with Crippen LogP contribution < -0.4 is 4.90 Å². The molecule has 3 aliphatic rings. The topological polar surface area (TPSA) is 70.4 Å². The summed E-state index contributed by atoms with van der Waals surface area (Å²) >= 11 is 0. The first-order valence-electron chi connectivity index (χ1n) is 7.54. The third-order valence-electron chi connectivity index (χ3n) is 5.02. The highest BCUT2D eigenvalue weighted by molar-refractivity contribution is 6.23. The number of alkyl halides is 3. The van der Waals surface area contributed by atoms with Crippen molar-refractivity contribution in [1.82, 2.24) is 0 Å². The van der Waals surface area contributed by atoms with E-state index in [2.05, 4.69) is 0 Å². The molecule has 8 heteroatoms. The van der Waals surface area contributed by atoms with Gasteiger partial charge in [-0.05, 0) is 25.1 Å². The van der Waals surface area contributed by atoms with E-state index in [0.717, 1.165) is 11.0 Å². The van der Waals surface area contributed by atoms with E-state index in [1.165, 1.54) is 12.1 Å². The van der Waals surface area contributed by atoms with Crippen LogP contribution in [-0.2, 0) is 20.5 Å². The molecule has 2 unspecified atom stereocenters. The Bertz CT molecular complexity index is 886. The number of nitrogens with zero attached hydrogens (tertiary/aromatic N) is 2.